The number of aromatic nitrogens is 3. The summed E-state index contributed by atoms with van der Waals surface area (Å²) in [6, 6.07) is 4.46. The van der Waals surface area contributed by atoms with E-state index in [-0.39, 0.29) is 6.04 Å². The number of hydrogen-bond donors (Lipinski definition) is 1. The molecule has 5 heteroatoms. The summed E-state index contributed by atoms with van der Waals surface area (Å²) in [6.45, 7) is 2.75. The third kappa shape index (κ3) is 2.62. The van der Waals surface area contributed by atoms with Gasteiger partial charge in [-0.05, 0) is 31.7 Å². The summed E-state index contributed by atoms with van der Waals surface area (Å²) in [5.74, 6) is 0. The molecule has 2 aromatic heterocycles. The molecule has 0 aliphatic heterocycles. The van der Waals surface area contributed by atoms with Gasteiger partial charge in [-0.3, -0.25) is 0 Å². The molecule has 0 saturated heterocycles. The Kier molecular flexibility index (Phi) is 3.71. The molecule has 2 aromatic rings. The Morgan fingerprint density at radius 2 is 2.29 bits per heavy atom. The molecule has 0 aromatic carbocycles. The van der Waals surface area contributed by atoms with Crippen molar-refractivity contribution in [2.45, 2.75) is 19.4 Å². The van der Waals surface area contributed by atoms with E-state index < -0.39 is 0 Å². The molecular weight excluding hydrogens is 216 g/mol. The third-order valence-electron chi connectivity index (χ3n) is 2.83. The average Bonchev–Trinajstić information content (AvgIpc) is 2.76. The van der Waals surface area contributed by atoms with Crippen LogP contribution in [0.2, 0.25) is 0 Å². The first kappa shape index (κ1) is 12.0. The smallest absolute Gasteiger partial charge is 0.155 e. The van der Waals surface area contributed by atoms with Gasteiger partial charge in [0.1, 0.15) is 6.33 Å². The highest BCUT2D eigenvalue weighted by atomic mass is 16.5. The summed E-state index contributed by atoms with van der Waals surface area (Å²) in [6.07, 6.45) is 2.45. The van der Waals surface area contributed by atoms with Gasteiger partial charge in [-0.1, -0.05) is 0 Å². The van der Waals surface area contributed by atoms with Crippen LogP contribution in [0.5, 0.6) is 0 Å². The van der Waals surface area contributed by atoms with E-state index in [1.165, 1.54) is 5.56 Å². The molecule has 0 fully saturated rings. The van der Waals surface area contributed by atoms with Crippen molar-refractivity contribution < 1.29 is 4.74 Å². The number of methoxy groups -OCH3 is 1. The van der Waals surface area contributed by atoms with E-state index in [0.29, 0.717) is 6.61 Å². The van der Waals surface area contributed by atoms with Gasteiger partial charge < -0.3 is 10.1 Å². The van der Waals surface area contributed by atoms with E-state index in [2.05, 4.69) is 28.4 Å². The lowest BCUT2D eigenvalue weighted by atomic mass is 10.1. The number of rotatable bonds is 5. The van der Waals surface area contributed by atoms with Crippen molar-refractivity contribution in [3.05, 3.63) is 29.7 Å². The predicted molar refractivity (Wildman–Crippen MR) is 66.2 cm³/mol. The molecule has 1 unspecified atom stereocenters. The molecule has 1 N–H and O–H groups in total. The van der Waals surface area contributed by atoms with Crippen molar-refractivity contribution in [2.24, 2.45) is 0 Å². The first-order chi connectivity index (χ1) is 8.24. The number of likely N-dealkylation sites (N-methyl/N-ethyl adjacent to an activating group) is 1. The van der Waals surface area contributed by atoms with Crippen molar-refractivity contribution in [2.75, 3.05) is 20.8 Å². The zero-order valence-corrected chi connectivity index (χ0v) is 10.5. The van der Waals surface area contributed by atoms with E-state index in [9.17, 15) is 0 Å². The fourth-order valence-corrected chi connectivity index (χ4v) is 1.98. The van der Waals surface area contributed by atoms with E-state index in [0.717, 1.165) is 17.8 Å². The molecule has 0 spiro atoms. The number of aryl methyl sites for hydroxylation is 1. The lowest BCUT2D eigenvalue weighted by Crippen LogP contribution is -2.32. The molecule has 5 nitrogen and oxygen atoms in total. The Morgan fingerprint density at radius 3 is 3.00 bits per heavy atom. The maximum atomic E-state index is 5.18. The van der Waals surface area contributed by atoms with Gasteiger partial charge in [0, 0.05) is 25.3 Å². The van der Waals surface area contributed by atoms with Crippen LogP contribution >= 0.6 is 0 Å². The fraction of sp³-hybridized carbons (Fsp3) is 0.500. The summed E-state index contributed by atoms with van der Waals surface area (Å²) < 4.78 is 7.07. The predicted octanol–water partition coefficient (Wildman–Crippen LogP) is 0.815. The van der Waals surface area contributed by atoms with Crippen LogP contribution in [0.1, 0.15) is 11.3 Å². The highest BCUT2D eigenvalue weighted by molar-refractivity contribution is 5.41. The van der Waals surface area contributed by atoms with Crippen LogP contribution in [-0.2, 0) is 11.2 Å². The maximum absolute atomic E-state index is 5.18. The van der Waals surface area contributed by atoms with Crippen LogP contribution in [0.4, 0.5) is 0 Å². The van der Waals surface area contributed by atoms with Gasteiger partial charge in [-0.2, -0.15) is 5.10 Å². The van der Waals surface area contributed by atoms with Crippen molar-refractivity contribution in [1.82, 2.24) is 19.9 Å². The lowest BCUT2D eigenvalue weighted by Gasteiger charge is -2.15. The molecule has 0 radical (unpaired) electrons. The molecule has 1 atom stereocenters. The molecular formula is C12H18N4O. The minimum absolute atomic E-state index is 0.286. The first-order valence-corrected chi connectivity index (χ1v) is 5.70. The van der Waals surface area contributed by atoms with Gasteiger partial charge in [0.05, 0.1) is 6.61 Å². The number of fused-ring (bicyclic) bond motifs is 1. The van der Waals surface area contributed by atoms with Crippen LogP contribution in [0.3, 0.4) is 0 Å². The Hall–Kier alpha value is -1.46. The Morgan fingerprint density at radius 1 is 1.47 bits per heavy atom. The number of nitrogens with zero attached hydrogens (tertiary/aromatic N) is 3. The average molecular weight is 234 g/mol. The Bertz CT molecular complexity index is 494. The van der Waals surface area contributed by atoms with Crippen molar-refractivity contribution >= 4 is 5.65 Å². The quantitative estimate of drug-likeness (QED) is 0.832. The first-order valence-electron chi connectivity index (χ1n) is 5.70. The molecule has 17 heavy (non-hydrogen) atoms. The minimum atomic E-state index is 0.286. The normalized spacial score (nSPS) is 13.1. The van der Waals surface area contributed by atoms with Crippen molar-refractivity contribution in [3.8, 4) is 0 Å². The molecule has 92 valence electrons. The zero-order valence-electron chi connectivity index (χ0n) is 10.5. The molecule has 0 bridgehead atoms. The Labute approximate surface area is 101 Å². The number of pyridine rings is 1. The van der Waals surface area contributed by atoms with Gasteiger partial charge in [0.15, 0.2) is 5.65 Å². The second-order valence-electron chi connectivity index (χ2n) is 4.20. The summed E-state index contributed by atoms with van der Waals surface area (Å²) in [7, 11) is 3.66. The van der Waals surface area contributed by atoms with Crippen LogP contribution in [0.25, 0.3) is 5.65 Å². The van der Waals surface area contributed by atoms with Crippen molar-refractivity contribution in [1.29, 1.82) is 0 Å². The van der Waals surface area contributed by atoms with Gasteiger partial charge in [-0.15, -0.1) is 0 Å². The molecule has 2 rings (SSSR count). The zero-order chi connectivity index (χ0) is 12.3. The van der Waals surface area contributed by atoms with Crippen molar-refractivity contribution in [3.63, 3.8) is 0 Å². The monoisotopic (exact) mass is 234 g/mol. The second kappa shape index (κ2) is 5.25. The summed E-state index contributed by atoms with van der Waals surface area (Å²) in [4.78, 5) is 4.22. The second-order valence-corrected chi connectivity index (χ2v) is 4.20. The van der Waals surface area contributed by atoms with Crippen LogP contribution in [0, 0.1) is 6.92 Å². The summed E-state index contributed by atoms with van der Waals surface area (Å²) >= 11 is 0. The number of ether oxygens (including phenoxy) is 1. The largest absolute Gasteiger partial charge is 0.383 e. The van der Waals surface area contributed by atoms with E-state index in [4.69, 9.17) is 4.74 Å². The molecule has 0 aliphatic rings. The number of nitrogens with one attached hydrogen (secondary N) is 1. The summed E-state index contributed by atoms with van der Waals surface area (Å²) in [5.41, 5.74) is 3.24. The van der Waals surface area contributed by atoms with E-state index in [1.807, 2.05) is 17.6 Å². The van der Waals surface area contributed by atoms with Gasteiger partial charge in [0.25, 0.3) is 0 Å². The van der Waals surface area contributed by atoms with Crippen LogP contribution < -0.4 is 5.32 Å². The van der Waals surface area contributed by atoms with Gasteiger partial charge >= 0.3 is 0 Å². The lowest BCUT2D eigenvalue weighted by molar-refractivity contribution is 0.169. The summed E-state index contributed by atoms with van der Waals surface area (Å²) in [5, 5.41) is 7.49. The molecule has 0 aliphatic carbocycles. The van der Waals surface area contributed by atoms with Gasteiger partial charge in [-0.25, -0.2) is 9.50 Å². The van der Waals surface area contributed by atoms with Crippen LogP contribution in [-0.4, -0.2) is 41.4 Å². The van der Waals surface area contributed by atoms with E-state index in [1.54, 1.807) is 13.4 Å². The van der Waals surface area contributed by atoms with E-state index >= 15 is 0 Å². The topological polar surface area (TPSA) is 51.5 Å². The third-order valence-corrected chi connectivity index (χ3v) is 2.83. The molecule has 0 saturated carbocycles. The standard InChI is InChI=1S/C12H18N4O/c1-9-4-11(6-10(13-2)7-17-3)16-12(5-9)14-8-15-16/h4-5,8,10,13H,6-7H2,1-3H3. The maximum Gasteiger partial charge on any atom is 0.155 e. The van der Waals surface area contributed by atoms with Gasteiger partial charge in [0.2, 0.25) is 0 Å². The minimum Gasteiger partial charge on any atom is -0.383 e. The molecule has 2 heterocycles. The molecule has 0 amide bonds. The highest BCUT2D eigenvalue weighted by Crippen LogP contribution is 2.10. The van der Waals surface area contributed by atoms with Crippen LogP contribution in [0.15, 0.2) is 18.5 Å². The fourth-order valence-electron chi connectivity index (χ4n) is 1.98. The highest BCUT2D eigenvalue weighted by Gasteiger charge is 2.11. The number of hydrogen-bond acceptors (Lipinski definition) is 4. The SMILES string of the molecule is CNC(COC)Cc1cc(C)cc2ncnn12. The Balaban J connectivity index is 2.30.